The number of alkyl halides is 2. The van der Waals surface area contributed by atoms with Crippen LogP contribution >= 0.6 is 23.2 Å². The van der Waals surface area contributed by atoms with E-state index in [4.69, 9.17) is 28.5 Å². The van der Waals surface area contributed by atoms with Crippen molar-refractivity contribution in [2.24, 2.45) is 0 Å². The molecule has 0 saturated heterocycles. The number of benzene rings is 1. The van der Waals surface area contributed by atoms with Crippen LogP contribution < -0.4 is 16.8 Å². The largest absolute Gasteiger partial charge is 0.349 e. The second kappa shape index (κ2) is 8.05. The number of hydrogen-bond donors (Lipinski definition) is 2. The zero-order chi connectivity index (χ0) is 23.1. The Hall–Kier alpha value is -3.36. The van der Waals surface area contributed by atoms with Gasteiger partial charge in [-0.3, -0.25) is 14.6 Å². The van der Waals surface area contributed by atoms with E-state index in [-0.39, 0.29) is 17.2 Å². The molecule has 31 heavy (non-hydrogen) atoms. The molecule has 0 aliphatic rings. The van der Waals surface area contributed by atoms with Gasteiger partial charge in [-0.1, -0.05) is 37.0 Å². The average Bonchev–Trinajstić information content (AvgIpc) is 2.67. The first-order valence-electron chi connectivity index (χ1n) is 8.59. The van der Waals surface area contributed by atoms with Crippen LogP contribution in [0.15, 0.2) is 32.6 Å². The minimum atomic E-state index is -3.80. The molecule has 3 rings (SSSR count). The Bertz CT molecular complexity index is 1380. The topological polar surface area (TPSA) is 137 Å². The average molecular weight is 469 g/mol. The maximum atomic E-state index is 15.2. The van der Waals surface area contributed by atoms with Crippen LogP contribution in [0.4, 0.5) is 8.78 Å². The number of aromatic amines is 2. The molecule has 0 fully saturated rings. The molecule has 160 valence electrons. The van der Waals surface area contributed by atoms with Crippen molar-refractivity contribution < 1.29 is 8.78 Å². The van der Waals surface area contributed by atoms with E-state index >= 15 is 8.78 Å². The lowest BCUT2D eigenvalue weighted by atomic mass is 10.00. The van der Waals surface area contributed by atoms with Crippen LogP contribution in [0.1, 0.15) is 42.3 Å². The summed E-state index contributed by atoms with van der Waals surface area (Å²) in [6, 6.07) is 4.41. The summed E-state index contributed by atoms with van der Waals surface area (Å²) in [7, 11) is 0. The Kier molecular flexibility index (Phi) is 5.80. The van der Waals surface area contributed by atoms with Crippen LogP contribution in [0.2, 0.25) is 10.0 Å². The van der Waals surface area contributed by atoms with Crippen molar-refractivity contribution >= 4 is 23.2 Å². The van der Waals surface area contributed by atoms with Gasteiger partial charge < -0.3 is 0 Å². The quantitative estimate of drug-likeness (QED) is 0.602. The summed E-state index contributed by atoms with van der Waals surface area (Å²) in [4.78, 5) is 37.2. The molecule has 2 heterocycles. The third-order valence-electron chi connectivity index (χ3n) is 4.30. The molecule has 0 unspecified atom stereocenters. The van der Waals surface area contributed by atoms with Gasteiger partial charge in [0, 0.05) is 5.56 Å². The highest BCUT2D eigenvalue weighted by Gasteiger charge is 2.41. The number of nitrogens with zero attached hydrogens (tertiary/aromatic N) is 4. The third-order valence-corrected chi connectivity index (χ3v) is 4.89. The summed E-state index contributed by atoms with van der Waals surface area (Å²) >= 11 is 12.1. The molecule has 0 spiro atoms. The highest BCUT2D eigenvalue weighted by molar-refractivity contribution is 6.36. The summed E-state index contributed by atoms with van der Waals surface area (Å²) < 4.78 is 31.1. The summed E-state index contributed by atoms with van der Waals surface area (Å²) in [6.07, 6.45) is 0. The van der Waals surface area contributed by atoms with Gasteiger partial charge in [0.05, 0.1) is 21.3 Å². The predicted molar refractivity (Wildman–Crippen MR) is 107 cm³/mol. The van der Waals surface area contributed by atoms with Crippen molar-refractivity contribution in [1.29, 1.82) is 5.26 Å². The first-order valence-corrected chi connectivity index (χ1v) is 9.34. The molecule has 9 nitrogen and oxygen atoms in total. The van der Waals surface area contributed by atoms with E-state index in [1.54, 1.807) is 13.8 Å². The maximum absolute atomic E-state index is 15.2. The summed E-state index contributed by atoms with van der Waals surface area (Å²) in [5.41, 5.74) is -4.91. The van der Waals surface area contributed by atoms with Crippen molar-refractivity contribution in [3.8, 4) is 11.8 Å². The van der Waals surface area contributed by atoms with Gasteiger partial charge in [-0.25, -0.2) is 9.89 Å². The van der Waals surface area contributed by atoms with Crippen molar-refractivity contribution in [3.05, 3.63) is 82.0 Å². The first-order chi connectivity index (χ1) is 14.5. The zero-order valence-corrected chi connectivity index (χ0v) is 17.3. The van der Waals surface area contributed by atoms with E-state index in [0.717, 1.165) is 18.2 Å². The number of hydrogen-bond acceptors (Lipinski definition) is 6. The molecule has 2 N–H and O–H groups in total. The van der Waals surface area contributed by atoms with E-state index in [1.165, 1.54) is 6.07 Å². The zero-order valence-electron chi connectivity index (χ0n) is 15.8. The molecule has 1 aromatic carbocycles. The predicted octanol–water partition coefficient (Wildman–Crippen LogP) is 2.45. The molecule has 0 aliphatic heterocycles. The number of nitrogens with one attached hydrogen (secondary N) is 2. The molecule has 0 amide bonds. The van der Waals surface area contributed by atoms with Gasteiger partial charge in [-0.2, -0.15) is 23.8 Å². The van der Waals surface area contributed by atoms with Gasteiger partial charge in [-0.15, -0.1) is 5.10 Å². The van der Waals surface area contributed by atoms with Crippen LogP contribution in [0.5, 0.6) is 0 Å². The molecule has 3 aromatic rings. The Morgan fingerprint density at radius 3 is 2.29 bits per heavy atom. The van der Waals surface area contributed by atoms with E-state index in [0.29, 0.717) is 4.68 Å². The molecule has 0 aliphatic carbocycles. The third kappa shape index (κ3) is 3.99. The van der Waals surface area contributed by atoms with E-state index < -0.39 is 49.7 Å². The molecule has 0 radical (unpaired) electrons. The van der Waals surface area contributed by atoms with Crippen LogP contribution in [-0.4, -0.2) is 25.0 Å². The van der Waals surface area contributed by atoms with Gasteiger partial charge in [0.2, 0.25) is 5.69 Å². The number of rotatable bonds is 4. The molecule has 2 aromatic heterocycles. The second-order valence-corrected chi connectivity index (χ2v) is 7.50. The Morgan fingerprint density at radius 1 is 1.13 bits per heavy atom. The lowest BCUT2D eigenvalue weighted by Crippen LogP contribution is -2.33. The number of H-pyrrole nitrogens is 2. The lowest BCUT2D eigenvalue weighted by molar-refractivity contribution is 0.0370. The molecule has 0 atom stereocenters. The smallest absolute Gasteiger partial charge is 0.270 e. The van der Waals surface area contributed by atoms with Crippen LogP contribution in [-0.2, 0) is 5.92 Å². The van der Waals surface area contributed by atoms with Crippen molar-refractivity contribution in [1.82, 2.24) is 25.0 Å². The van der Waals surface area contributed by atoms with Crippen molar-refractivity contribution in [3.63, 3.8) is 0 Å². The van der Waals surface area contributed by atoms with Gasteiger partial charge in [-0.05, 0) is 24.1 Å². The normalized spacial score (nSPS) is 11.5. The van der Waals surface area contributed by atoms with Gasteiger partial charge in [0.25, 0.3) is 11.1 Å². The van der Waals surface area contributed by atoms with E-state index in [1.807, 2.05) is 10.1 Å². The molecule has 0 bridgehead atoms. The molecule has 0 saturated carbocycles. The Balaban J connectivity index is 2.19. The van der Waals surface area contributed by atoms with E-state index in [9.17, 15) is 14.4 Å². The number of nitriles is 1. The Morgan fingerprint density at radius 2 is 1.74 bits per heavy atom. The van der Waals surface area contributed by atoms with Crippen LogP contribution in [0, 0.1) is 11.3 Å². The molecule has 13 heteroatoms. The minimum absolute atomic E-state index is 0.0987. The van der Waals surface area contributed by atoms with Gasteiger partial charge in [0.1, 0.15) is 11.8 Å². The lowest BCUT2D eigenvalue weighted by Gasteiger charge is -2.20. The van der Waals surface area contributed by atoms with Crippen LogP contribution in [0.25, 0.3) is 5.69 Å². The van der Waals surface area contributed by atoms with Gasteiger partial charge >= 0.3 is 11.6 Å². The molecular weight excluding hydrogens is 457 g/mol. The maximum Gasteiger partial charge on any atom is 0.349 e. The highest BCUT2D eigenvalue weighted by atomic mass is 35.5. The van der Waals surface area contributed by atoms with Crippen LogP contribution in [0.3, 0.4) is 0 Å². The summed E-state index contributed by atoms with van der Waals surface area (Å²) in [5.74, 6) is -4.15. The summed E-state index contributed by atoms with van der Waals surface area (Å²) in [5, 5.41) is 16.9. The Labute approximate surface area is 181 Å². The number of halogens is 4. The van der Waals surface area contributed by atoms with Gasteiger partial charge in [0.15, 0.2) is 0 Å². The fraction of sp³-hybridized carbons (Fsp3) is 0.222. The monoisotopic (exact) mass is 468 g/mol. The second-order valence-electron chi connectivity index (χ2n) is 6.68. The number of aromatic nitrogens is 5. The fourth-order valence-corrected chi connectivity index (χ4v) is 3.48. The fourth-order valence-electron chi connectivity index (χ4n) is 2.77. The van der Waals surface area contributed by atoms with Crippen molar-refractivity contribution in [2.75, 3.05) is 0 Å². The minimum Gasteiger partial charge on any atom is -0.270 e. The summed E-state index contributed by atoms with van der Waals surface area (Å²) in [6.45, 7) is 3.32. The highest BCUT2D eigenvalue weighted by Crippen LogP contribution is 2.43. The SMILES string of the molecule is CC(C)c1cc(C(F)(F)c2c(Cl)cc(-n3nc(C#N)c(=O)[nH]c3=O)cc2Cl)n[nH]c1=O. The van der Waals surface area contributed by atoms with Crippen molar-refractivity contribution in [2.45, 2.75) is 25.7 Å². The van der Waals surface area contributed by atoms with E-state index in [2.05, 4.69) is 10.2 Å². The first kappa shape index (κ1) is 22.3. The standard InChI is InChI=1S/C18H12Cl2F2N6O3/c1-7(2)9-5-13(25-26-15(9)29)18(21,22)14-10(19)3-8(4-11(14)20)28-17(31)24-16(30)12(6-23)27-28/h3-5,7H,1-2H3,(H,26,29)(H,24,30,31). The molecular formula is C18H12Cl2F2N6O3.